The standard InChI is InChI=1S/C14H24N4O3/c1-13(2,11(19)20)14(3,4)17-12(21)15-8-6-10-7-9-16-18(10)5/h7,9H,6,8H2,1-5H3,(H,19,20)(H2,15,17,21). The van der Waals surface area contributed by atoms with Gasteiger partial charge in [-0.2, -0.15) is 5.10 Å². The molecule has 21 heavy (non-hydrogen) atoms. The molecule has 118 valence electrons. The largest absolute Gasteiger partial charge is 0.481 e. The molecule has 1 aromatic rings. The van der Waals surface area contributed by atoms with Gasteiger partial charge in [0.15, 0.2) is 0 Å². The number of aromatic nitrogens is 2. The normalized spacial score (nSPS) is 12.0. The summed E-state index contributed by atoms with van der Waals surface area (Å²) < 4.78 is 1.75. The zero-order valence-corrected chi connectivity index (χ0v) is 13.2. The minimum absolute atomic E-state index is 0.378. The molecule has 7 nitrogen and oxygen atoms in total. The first-order valence-corrected chi connectivity index (χ1v) is 6.84. The van der Waals surface area contributed by atoms with E-state index in [1.165, 1.54) is 0 Å². The minimum atomic E-state index is -1.08. The summed E-state index contributed by atoms with van der Waals surface area (Å²) in [5.74, 6) is -0.956. The highest BCUT2D eigenvalue weighted by Gasteiger charge is 2.44. The first-order valence-electron chi connectivity index (χ1n) is 6.84. The third-order valence-electron chi connectivity index (χ3n) is 4.11. The highest BCUT2D eigenvalue weighted by atomic mass is 16.4. The van der Waals surface area contributed by atoms with Crippen molar-refractivity contribution in [2.75, 3.05) is 6.54 Å². The number of nitrogens with zero attached hydrogens (tertiary/aromatic N) is 2. The number of urea groups is 1. The maximum atomic E-state index is 11.9. The van der Waals surface area contributed by atoms with E-state index >= 15 is 0 Å². The van der Waals surface area contributed by atoms with Gasteiger partial charge >= 0.3 is 12.0 Å². The number of amides is 2. The highest BCUT2D eigenvalue weighted by molar-refractivity contribution is 5.79. The zero-order valence-electron chi connectivity index (χ0n) is 13.2. The molecule has 0 fully saturated rings. The van der Waals surface area contributed by atoms with E-state index in [0.717, 1.165) is 5.69 Å². The van der Waals surface area contributed by atoms with Crippen LogP contribution < -0.4 is 10.6 Å². The number of rotatable bonds is 6. The van der Waals surface area contributed by atoms with Crippen LogP contribution in [-0.2, 0) is 18.3 Å². The lowest BCUT2D eigenvalue weighted by atomic mass is 9.74. The van der Waals surface area contributed by atoms with Gasteiger partial charge in [-0.1, -0.05) is 0 Å². The van der Waals surface area contributed by atoms with E-state index in [4.69, 9.17) is 0 Å². The summed E-state index contributed by atoms with van der Waals surface area (Å²) in [6.07, 6.45) is 2.36. The molecule has 0 unspecified atom stereocenters. The smallest absolute Gasteiger partial charge is 0.315 e. The van der Waals surface area contributed by atoms with Crippen LogP contribution in [0.5, 0.6) is 0 Å². The predicted octanol–water partition coefficient (Wildman–Crippen LogP) is 1.15. The van der Waals surface area contributed by atoms with Gasteiger partial charge in [-0.05, 0) is 33.8 Å². The maximum absolute atomic E-state index is 11.9. The summed E-state index contributed by atoms with van der Waals surface area (Å²) in [6, 6.07) is 1.51. The first kappa shape index (κ1) is 17.0. The van der Waals surface area contributed by atoms with Crippen LogP contribution in [0.4, 0.5) is 4.79 Å². The molecule has 3 N–H and O–H groups in total. The fourth-order valence-corrected chi connectivity index (χ4v) is 1.70. The predicted molar refractivity (Wildman–Crippen MR) is 78.9 cm³/mol. The first-order chi connectivity index (χ1) is 9.58. The second kappa shape index (κ2) is 6.15. The number of aryl methyl sites for hydroxylation is 1. The Labute approximate surface area is 124 Å². The summed E-state index contributed by atoms with van der Waals surface area (Å²) in [4.78, 5) is 23.2. The van der Waals surface area contributed by atoms with Gasteiger partial charge in [-0.15, -0.1) is 0 Å². The van der Waals surface area contributed by atoms with Gasteiger partial charge in [0, 0.05) is 31.9 Å². The number of carbonyl (C=O) groups excluding carboxylic acids is 1. The molecule has 0 aliphatic rings. The minimum Gasteiger partial charge on any atom is -0.481 e. The van der Waals surface area contributed by atoms with Gasteiger partial charge < -0.3 is 15.7 Å². The van der Waals surface area contributed by atoms with Crippen molar-refractivity contribution in [3.8, 4) is 0 Å². The molecule has 1 rings (SSSR count). The molecular formula is C14H24N4O3. The van der Waals surface area contributed by atoms with E-state index in [1.807, 2.05) is 13.1 Å². The lowest BCUT2D eigenvalue weighted by molar-refractivity contribution is -0.150. The van der Waals surface area contributed by atoms with Crippen LogP contribution in [0.1, 0.15) is 33.4 Å². The number of aliphatic carboxylic acids is 1. The molecule has 0 aliphatic heterocycles. The molecule has 1 heterocycles. The van der Waals surface area contributed by atoms with E-state index in [-0.39, 0.29) is 6.03 Å². The SMILES string of the molecule is Cn1nccc1CCNC(=O)NC(C)(C)C(C)(C)C(=O)O. The molecule has 0 saturated heterocycles. The number of hydrogen-bond acceptors (Lipinski definition) is 3. The number of nitrogens with one attached hydrogen (secondary N) is 2. The molecular weight excluding hydrogens is 272 g/mol. The van der Waals surface area contributed by atoms with E-state index in [1.54, 1.807) is 38.6 Å². The molecule has 0 aliphatic carbocycles. The fraction of sp³-hybridized carbons (Fsp3) is 0.643. The molecule has 1 aromatic heterocycles. The molecule has 0 saturated carbocycles. The molecule has 0 spiro atoms. The van der Waals surface area contributed by atoms with Crippen LogP contribution >= 0.6 is 0 Å². The van der Waals surface area contributed by atoms with Crippen molar-refractivity contribution < 1.29 is 14.7 Å². The average Bonchev–Trinajstić information content (AvgIpc) is 2.74. The van der Waals surface area contributed by atoms with Gasteiger partial charge in [-0.25, -0.2) is 4.79 Å². The van der Waals surface area contributed by atoms with E-state index in [0.29, 0.717) is 13.0 Å². The zero-order chi connectivity index (χ0) is 16.3. The quantitative estimate of drug-likeness (QED) is 0.733. The van der Waals surface area contributed by atoms with Crippen LogP contribution in [0.15, 0.2) is 12.3 Å². The number of hydrogen-bond donors (Lipinski definition) is 3. The monoisotopic (exact) mass is 296 g/mol. The van der Waals surface area contributed by atoms with Gasteiger partial charge in [0.25, 0.3) is 0 Å². The average molecular weight is 296 g/mol. The Hall–Kier alpha value is -2.05. The summed E-state index contributed by atoms with van der Waals surface area (Å²) in [5, 5.41) is 18.7. The Morgan fingerprint density at radius 3 is 2.43 bits per heavy atom. The Bertz CT molecular complexity index is 520. The molecule has 0 atom stereocenters. The van der Waals surface area contributed by atoms with Crippen molar-refractivity contribution in [2.45, 2.75) is 39.7 Å². The van der Waals surface area contributed by atoms with Crippen LogP contribution in [0.2, 0.25) is 0 Å². The van der Waals surface area contributed by atoms with Crippen molar-refractivity contribution in [3.05, 3.63) is 18.0 Å². The third-order valence-corrected chi connectivity index (χ3v) is 4.11. The van der Waals surface area contributed by atoms with Gasteiger partial charge in [0.2, 0.25) is 0 Å². The van der Waals surface area contributed by atoms with E-state index < -0.39 is 16.9 Å². The highest BCUT2D eigenvalue weighted by Crippen LogP contribution is 2.30. The van der Waals surface area contributed by atoms with Crippen LogP contribution in [-0.4, -0.2) is 39.0 Å². The molecule has 0 bridgehead atoms. The lowest BCUT2D eigenvalue weighted by Crippen LogP contribution is -2.59. The number of carboxylic acids is 1. The van der Waals surface area contributed by atoms with Crippen LogP contribution in [0, 0.1) is 5.41 Å². The number of carbonyl (C=O) groups is 2. The van der Waals surface area contributed by atoms with Crippen molar-refractivity contribution in [2.24, 2.45) is 12.5 Å². The van der Waals surface area contributed by atoms with Gasteiger partial charge in [0.1, 0.15) is 0 Å². The Morgan fingerprint density at radius 1 is 1.33 bits per heavy atom. The van der Waals surface area contributed by atoms with Crippen LogP contribution in [0.25, 0.3) is 0 Å². The summed E-state index contributed by atoms with van der Waals surface area (Å²) in [5.41, 5.74) is -0.942. The molecule has 2 amide bonds. The molecule has 0 radical (unpaired) electrons. The second-order valence-electron chi connectivity index (χ2n) is 6.13. The van der Waals surface area contributed by atoms with Crippen LogP contribution in [0.3, 0.4) is 0 Å². The van der Waals surface area contributed by atoms with E-state index in [2.05, 4.69) is 15.7 Å². The topological polar surface area (TPSA) is 96.3 Å². The maximum Gasteiger partial charge on any atom is 0.315 e. The Morgan fingerprint density at radius 2 is 1.95 bits per heavy atom. The summed E-state index contributed by atoms with van der Waals surface area (Å²) in [7, 11) is 1.84. The van der Waals surface area contributed by atoms with Crippen molar-refractivity contribution in [1.29, 1.82) is 0 Å². The second-order valence-corrected chi connectivity index (χ2v) is 6.13. The number of carboxylic acid groups (broad SMARTS) is 1. The van der Waals surface area contributed by atoms with Gasteiger partial charge in [0.05, 0.1) is 11.0 Å². The van der Waals surface area contributed by atoms with Crippen molar-refractivity contribution in [3.63, 3.8) is 0 Å². The fourth-order valence-electron chi connectivity index (χ4n) is 1.70. The summed E-state index contributed by atoms with van der Waals surface area (Å²) >= 11 is 0. The van der Waals surface area contributed by atoms with Crippen molar-refractivity contribution in [1.82, 2.24) is 20.4 Å². The van der Waals surface area contributed by atoms with E-state index in [9.17, 15) is 14.7 Å². The van der Waals surface area contributed by atoms with Gasteiger partial charge in [-0.3, -0.25) is 9.48 Å². The summed E-state index contributed by atoms with van der Waals surface area (Å²) in [6.45, 7) is 7.02. The third kappa shape index (κ3) is 3.96. The Kier molecular flexibility index (Phi) is 4.98. The lowest BCUT2D eigenvalue weighted by Gasteiger charge is -2.38. The molecule has 0 aromatic carbocycles. The van der Waals surface area contributed by atoms with Crippen molar-refractivity contribution >= 4 is 12.0 Å². The molecule has 7 heteroatoms. The Balaban J connectivity index is 2.50.